The fourth-order valence-corrected chi connectivity index (χ4v) is 2.48. The van der Waals surface area contributed by atoms with Crippen LogP contribution in [0.3, 0.4) is 0 Å². The average molecular weight is 366 g/mol. The fourth-order valence-electron chi connectivity index (χ4n) is 2.48. The van der Waals surface area contributed by atoms with Gasteiger partial charge in [0.15, 0.2) is 0 Å². The molecule has 0 unspecified atom stereocenters. The lowest BCUT2D eigenvalue weighted by Gasteiger charge is -2.34. The molecule has 1 aliphatic rings. The molecule has 0 spiro atoms. The lowest BCUT2D eigenvalue weighted by molar-refractivity contribution is -0.137. The monoisotopic (exact) mass is 366 g/mol. The molecule has 1 aliphatic heterocycles. The maximum Gasteiger partial charge on any atom is 0.416 e. The standard InChI is InChI=1S/C17H17F3N4O2/c1-12(25)23-5-7-24(8-6-23)16(26)13(10-21)11-22-15-4-2-3-14(9-15)17(18,19)20/h2-4,9,11,22H,5-8H2,1H3/b13-11-. The summed E-state index contributed by atoms with van der Waals surface area (Å²) in [5, 5.41) is 11.7. The van der Waals surface area contributed by atoms with Crippen LogP contribution in [0.25, 0.3) is 0 Å². The molecule has 1 N–H and O–H groups in total. The predicted molar refractivity (Wildman–Crippen MR) is 87.6 cm³/mol. The quantitative estimate of drug-likeness (QED) is 0.657. The molecule has 1 saturated heterocycles. The summed E-state index contributed by atoms with van der Waals surface area (Å²) in [4.78, 5) is 26.7. The Morgan fingerprint density at radius 1 is 1.19 bits per heavy atom. The summed E-state index contributed by atoms with van der Waals surface area (Å²) in [6.07, 6.45) is -3.39. The van der Waals surface area contributed by atoms with Crippen LogP contribution in [-0.2, 0) is 15.8 Å². The molecule has 0 aliphatic carbocycles. The smallest absolute Gasteiger partial charge is 0.360 e. The van der Waals surface area contributed by atoms with Crippen molar-refractivity contribution in [3.05, 3.63) is 41.6 Å². The second-order valence-electron chi connectivity index (χ2n) is 5.69. The molecule has 6 nitrogen and oxygen atoms in total. The molecule has 0 aromatic heterocycles. The number of hydrogen-bond acceptors (Lipinski definition) is 4. The van der Waals surface area contributed by atoms with Crippen molar-refractivity contribution in [3.63, 3.8) is 0 Å². The van der Waals surface area contributed by atoms with Crippen LogP contribution in [-0.4, -0.2) is 47.8 Å². The molecule has 1 aromatic rings. The summed E-state index contributed by atoms with van der Waals surface area (Å²) in [6.45, 7) is 2.78. The zero-order chi connectivity index (χ0) is 19.3. The Morgan fingerprint density at radius 2 is 1.81 bits per heavy atom. The number of hydrogen-bond donors (Lipinski definition) is 1. The van der Waals surface area contributed by atoms with Gasteiger partial charge >= 0.3 is 6.18 Å². The van der Waals surface area contributed by atoms with E-state index in [0.717, 1.165) is 18.3 Å². The third-order valence-corrected chi connectivity index (χ3v) is 3.94. The molecule has 0 radical (unpaired) electrons. The number of nitrogens with zero attached hydrogens (tertiary/aromatic N) is 3. The Balaban J connectivity index is 2.06. The first-order valence-electron chi connectivity index (χ1n) is 7.81. The van der Waals surface area contributed by atoms with Crippen molar-refractivity contribution in [2.45, 2.75) is 13.1 Å². The van der Waals surface area contributed by atoms with Gasteiger partial charge < -0.3 is 15.1 Å². The van der Waals surface area contributed by atoms with Crippen LogP contribution in [0.5, 0.6) is 0 Å². The number of rotatable bonds is 3. The Bertz CT molecular complexity index is 760. The van der Waals surface area contributed by atoms with Crippen molar-refractivity contribution >= 4 is 17.5 Å². The van der Waals surface area contributed by atoms with Gasteiger partial charge in [-0.15, -0.1) is 0 Å². The summed E-state index contributed by atoms with van der Waals surface area (Å²) in [5.74, 6) is -0.616. The molecule has 1 aromatic carbocycles. The number of halogens is 3. The number of nitriles is 1. The maximum atomic E-state index is 12.7. The van der Waals surface area contributed by atoms with Crippen molar-refractivity contribution in [1.29, 1.82) is 5.26 Å². The summed E-state index contributed by atoms with van der Waals surface area (Å²) >= 11 is 0. The van der Waals surface area contributed by atoms with Crippen molar-refractivity contribution in [3.8, 4) is 6.07 Å². The van der Waals surface area contributed by atoms with E-state index in [1.807, 2.05) is 0 Å². The van der Waals surface area contributed by atoms with Gasteiger partial charge in [0.1, 0.15) is 11.6 Å². The van der Waals surface area contributed by atoms with E-state index in [-0.39, 0.29) is 17.2 Å². The van der Waals surface area contributed by atoms with Crippen LogP contribution in [0.15, 0.2) is 36.0 Å². The number of amides is 2. The van der Waals surface area contributed by atoms with Crippen molar-refractivity contribution < 1.29 is 22.8 Å². The van der Waals surface area contributed by atoms with E-state index in [2.05, 4.69) is 5.32 Å². The van der Waals surface area contributed by atoms with Gasteiger partial charge in [0.2, 0.25) is 5.91 Å². The third kappa shape index (κ3) is 4.75. The molecule has 0 atom stereocenters. The minimum atomic E-state index is -4.48. The number of carbonyl (C=O) groups excluding carboxylic acids is 2. The van der Waals surface area contributed by atoms with Gasteiger partial charge in [0.05, 0.1) is 5.56 Å². The van der Waals surface area contributed by atoms with Crippen LogP contribution < -0.4 is 5.32 Å². The van der Waals surface area contributed by atoms with E-state index in [1.165, 1.54) is 24.0 Å². The van der Waals surface area contributed by atoms with Crippen LogP contribution >= 0.6 is 0 Å². The van der Waals surface area contributed by atoms with Gasteiger partial charge in [-0.1, -0.05) is 6.07 Å². The van der Waals surface area contributed by atoms with Gasteiger partial charge in [-0.2, -0.15) is 18.4 Å². The van der Waals surface area contributed by atoms with Gasteiger partial charge in [-0.25, -0.2) is 0 Å². The summed E-state index contributed by atoms with van der Waals surface area (Å²) < 4.78 is 38.1. The largest absolute Gasteiger partial charge is 0.416 e. The van der Waals surface area contributed by atoms with E-state index in [9.17, 15) is 28.0 Å². The Labute approximate surface area is 148 Å². The summed E-state index contributed by atoms with van der Waals surface area (Å²) in [6, 6.07) is 6.20. The number of anilines is 1. The lowest BCUT2D eigenvalue weighted by atomic mass is 10.2. The number of carbonyl (C=O) groups is 2. The minimum Gasteiger partial charge on any atom is -0.360 e. The van der Waals surface area contributed by atoms with Crippen LogP contribution in [0, 0.1) is 11.3 Å². The van der Waals surface area contributed by atoms with E-state index in [1.54, 1.807) is 11.0 Å². The highest BCUT2D eigenvalue weighted by Gasteiger charge is 2.30. The first-order valence-corrected chi connectivity index (χ1v) is 7.81. The van der Waals surface area contributed by atoms with E-state index in [4.69, 9.17) is 0 Å². The molecular formula is C17H17F3N4O2. The Morgan fingerprint density at radius 3 is 2.35 bits per heavy atom. The zero-order valence-electron chi connectivity index (χ0n) is 14.0. The molecule has 2 rings (SSSR count). The third-order valence-electron chi connectivity index (χ3n) is 3.94. The highest BCUT2D eigenvalue weighted by Crippen LogP contribution is 2.30. The maximum absolute atomic E-state index is 12.7. The molecule has 26 heavy (non-hydrogen) atoms. The number of piperazine rings is 1. The van der Waals surface area contributed by atoms with Crippen LogP contribution in [0.4, 0.5) is 18.9 Å². The van der Waals surface area contributed by atoms with Crippen molar-refractivity contribution in [1.82, 2.24) is 9.80 Å². The SMILES string of the molecule is CC(=O)N1CCN(C(=O)/C(C#N)=C\Nc2cccc(C(F)(F)F)c2)CC1. The lowest BCUT2D eigenvalue weighted by Crippen LogP contribution is -2.50. The average Bonchev–Trinajstić information content (AvgIpc) is 2.61. The number of nitrogens with one attached hydrogen (secondary N) is 1. The summed E-state index contributed by atoms with van der Waals surface area (Å²) in [5.41, 5.74) is -0.943. The van der Waals surface area contributed by atoms with Crippen molar-refractivity contribution in [2.24, 2.45) is 0 Å². The predicted octanol–water partition coefficient (Wildman–Crippen LogP) is 2.22. The first kappa shape index (κ1) is 19.3. The first-order chi connectivity index (χ1) is 12.2. The summed E-state index contributed by atoms with van der Waals surface area (Å²) in [7, 11) is 0. The normalized spacial score (nSPS) is 15.4. The molecule has 0 bridgehead atoms. The van der Waals surface area contributed by atoms with Gasteiger partial charge in [-0.3, -0.25) is 9.59 Å². The molecule has 2 amide bonds. The molecule has 0 saturated carbocycles. The second-order valence-corrected chi connectivity index (χ2v) is 5.69. The minimum absolute atomic E-state index is 0.0839. The van der Waals surface area contributed by atoms with E-state index < -0.39 is 17.6 Å². The molecule has 1 heterocycles. The number of benzene rings is 1. The highest BCUT2D eigenvalue weighted by atomic mass is 19.4. The molecular weight excluding hydrogens is 349 g/mol. The molecule has 1 fully saturated rings. The zero-order valence-corrected chi connectivity index (χ0v) is 14.0. The molecule has 9 heteroatoms. The van der Waals surface area contributed by atoms with E-state index >= 15 is 0 Å². The fraction of sp³-hybridized carbons (Fsp3) is 0.353. The Kier molecular flexibility index (Phi) is 5.87. The van der Waals surface area contributed by atoms with Gasteiger partial charge in [0.25, 0.3) is 5.91 Å². The van der Waals surface area contributed by atoms with Gasteiger partial charge in [-0.05, 0) is 18.2 Å². The number of alkyl halides is 3. The topological polar surface area (TPSA) is 76.4 Å². The second kappa shape index (κ2) is 7.91. The van der Waals surface area contributed by atoms with Crippen LogP contribution in [0.1, 0.15) is 12.5 Å². The van der Waals surface area contributed by atoms with Crippen LogP contribution in [0.2, 0.25) is 0 Å². The van der Waals surface area contributed by atoms with Gasteiger partial charge in [0, 0.05) is 45.0 Å². The van der Waals surface area contributed by atoms with Crippen molar-refractivity contribution in [2.75, 3.05) is 31.5 Å². The highest BCUT2D eigenvalue weighted by molar-refractivity contribution is 5.97. The Hall–Kier alpha value is -3.02. The molecule has 138 valence electrons. The van der Waals surface area contributed by atoms with E-state index in [0.29, 0.717) is 26.2 Å².